The van der Waals surface area contributed by atoms with Gasteiger partial charge in [0.2, 0.25) is 16.4 Å². The molecular weight excluding hydrogens is 284 g/mol. The third-order valence-corrected chi connectivity index (χ3v) is 3.92. The number of hydrogen-bond acceptors (Lipinski definition) is 7. The van der Waals surface area contributed by atoms with Crippen LogP contribution < -0.4 is 10.0 Å². The lowest BCUT2D eigenvalue weighted by Crippen LogP contribution is -2.23. The summed E-state index contributed by atoms with van der Waals surface area (Å²) in [5.74, 6) is 0.273. The van der Waals surface area contributed by atoms with Crippen LogP contribution in [0.2, 0.25) is 0 Å². The molecule has 10 heteroatoms. The maximum absolute atomic E-state index is 12.0. The molecule has 0 aliphatic heterocycles. The molecule has 0 bridgehead atoms. The summed E-state index contributed by atoms with van der Waals surface area (Å²) in [5, 5.41) is 10.6. The minimum Gasteiger partial charge on any atom is -0.343 e. The molecule has 110 valence electrons. The summed E-state index contributed by atoms with van der Waals surface area (Å²) in [5.41, 5.74) is 0. The fourth-order valence-electron chi connectivity index (χ4n) is 1.54. The number of hydrogen-bond donors (Lipinski definition) is 2. The van der Waals surface area contributed by atoms with E-state index in [1.165, 1.54) is 12.4 Å². The van der Waals surface area contributed by atoms with Crippen LogP contribution in [0.15, 0.2) is 28.2 Å². The molecule has 2 aromatic heterocycles. The second kappa shape index (κ2) is 6.59. The number of sulfonamides is 1. The molecule has 0 saturated heterocycles. The van der Waals surface area contributed by atoms with Crippen LogP contribution >= 0.6 is 0 Å². The molecule has 0 fully saturated rings. The van der Waals surface area contributed by atoms with E-state index >= 15 is 0 Å². The van der Waals surface area contributed by atoms with Crippen LogP contribution in [0.3, 0.4) is 0 Å². The van der Waals surface area contributed by atoms with E-state index in [0.717, 1.165) is 19.4 Å². The zero-order chi connectivity index (χ0) is 14.4. The topological polar surface area (TPSA) is 115 Å². The lowest BCUT2D eigenvalue weighted by atomic mass is 10.4. The van der Waals surface area contributed by atoms with E-state index in [2.05, 4.69) is 29.8 Å². The Morgan fingerprint density at radius 1 is 1.45 bits per heavy atom. The SMILES string of the molecule is CNCCCn1cc(S(=O)(=O)NCc2ncon2)cn1. The Hall–Kier alpha value is -1.78. The van der Waals surface area contributed by atoms with E-state index in [-0.39, 0.29) is 17.3 Å². The normalized spacial score (nSPS) is 11.8. The average Bonchev–Trinajstić information content (AvgIpc) is 3.08. The highest BCUT2D eigenvalue weighted by Gasteiger charge is 2.17. The quantitative estimate of drug-likeness (QED) is 0.623. The van der Waals surface area contributed by atoms with Gasteiger partial charge in [-0.15, -0.1) is 0 Å². The molecule has 2 N–H and O–H groups in total. The third kappa shape index (κ3) is 3.85. The Labute approximate surface area is 116 Å². The highest BCUT2D eigenvalue weighted by molar-refractivity contribution is 7.89. The van der Waals surface area contributed by atoms with Gasteiger partial charge >= 0.3 is 0 Å². The molecule has 0 spiro atoms. The van der Waals surface area contributed by atoms with Crippen molar-refractivity contribution in [1.29, 1.82) is 0 Å². The van der Waals surface area contributed by atoms with Crippen molar-refractivity contribution >= 4 is 10.0 Å². The van der Waals surface area contributed by atoms with E-state index in [9.17, 15) is 8.42 Å². The predicted octanol–water partition coefficient (Wildman–Crippen LogP) is -0.646. The molecule has 0 saturated carbocycles. The first-order valence-electron chi connectivity index (χ1n) is 6.04. The fourth-order valence-corrected chi connectivity index (χ4v) is 2.47. The van der Waals surface area contributed by atoms with Crippen LogP contribution in [0.4, 0.5) is 0 Å². The second-order valence-corrected chi connectivity index (χ2v) is 5.84. The summed E-state index contributed by atoms with van der Waals surface area (Å²) < 4.78 is 32.5. The zero-order valence-corrected chi connectivity index (χ0v) is 11.8. The van der Waals surface area contributed by atoms with Crippen molar-refractivity contribution in [2.75, 3.05) is 13.6 Å². The van der Waals surface area contributed by atoms with Crippen molar-refractivity contribution < 1.29 is 12.9 Å². The molecule has 2 aromatic rings. The summed E-state index contributed by atoms with van der Waals surface area (Å²) in [6, 6.07) is 0. The monoisotopic (exact) mass is 300 g/mol. The number of nitrogens with one attached hydrogen (secondary N) is 2. The largest absolute Gasteiger partial charge is 0.343 e. The number of rotatable bonds is 8. The molecule has 9 nitrogen and oxygen atoms in total. The highest BCUT2D eigenvalue weighted by atomic mass is 32.2. The molecule has 0 radical (unpaired) electrons. The molecular formula is C10H16N6O3S. The average molecular weight is 300 g/mol. The third-order valence-electron chi connectivity index (χ3n) is 2.56. The second-order valence-electron chi connectivity index (χ2n) is 4.07. The van der Waals surface area contributed by atoms with Crippen molar-refractivity contribution in [3.63, 3.8) is 0 Å². The molecule has 0 atom stereocenters. The standard InChI is InChI=1S/C10H16N6O3S/c1-11-3-2-4-16-7-9(5-13-16)20(17,18)14-6-10-12-8-19-15-10/h5,7-8,11,14H,2-4,6H2,1H3. The minimum atomic E-state index is -3.62. The van der Waals surface area contributed by atoms with E-state index in [0.29, 0.717) is 6.54 Å². The number of aromatic nitrogens is 4. The van der Waals surface area contributed by atoms with Crippen LogP contribution in [-0.2, 0) is 23.1 Å². The van der Waals surface area contributed by atoms with Crippen molar-refractivity contribution in [1.82, 2.24) is 30.0 Å². The van der Waals surface area contributed by atoms with Gasteiger partial charge in [0.25, 0.3) is 0 Å². The first-order chi connectivity index (χ1) is 9.62. The van der Waals surface area contributed by atoms with Gasteiger partial charge in [0.1, 0.15) is 4.90 Å². The van der Waals surface area contributed by atoms with Gasteiger partial charge in [0, 0.05) is 12.7 Å². The molecule has 2 heterocycles. The highest BCUT2D eigenvalue weighted by Crippen LogP contribution is 2.07. The van der Waals surface area contributed by atoms with Crippen LogP contribution in [0, 0.1) is 0 Å². The van der Waals surface area contributed by atoms with Gasteiger partial charge in [0.15, 0.2) is 5.82 Å². The molecule has 20 heavy (non-hydrogen) atoms. The van der Waals surface area contributed by atoms with E-state index in [1.807, 2.05) is 7.05 Å². The minimum absolute atomic E-state index is 0.0240. The first kappa shape index (κ1) is 14.6. The Morgan fingerprint density at radius 2 is 2.30 bits per heavy atom. The van der Waals surface area contributed by atoms with Gasteiger partial charge in [-0.25, -0.2) is 13.1 Å². The predicted molar refractivity (Wildman–Crippen MR) is 69.1 cm³/mol. The summed E-state index contributed by atoms with van der Waals surface area (Å²) in [6.07, 6.45) is 4.82. The number of aryl methyl sites for hydroxylation is 1. The van der Waals surface area contributed by atoms with E-state index in [4.69, 9.17) is 0 Å². The maximum Gasteiger partial charge on any atom is 0.244 e. The Balaban J connectivity index is 1.95. The summed E-state index contributed by atoms with van der Waals surface area (Å²) in [6.45, 7) is 1.48. The Bertz CT molecular complexity index is 621. The molecule has 2 rings (SSSR count). The summed E-state index contributed by atoms with van der Waals surface area (Å²) >= 11 is 0. The van der Waals surface area contributed by atoms with Crippen LogP contribution in [0.5, 0.6) is 0 Å². The van der Waals surface area contributed by atoms with Crippen LogP contribution in [0.1, 0.15) is 12.2 Å². The van der Waals surface area contributed by atoms with E-state index in [1.54, 1.807) is 4.68 Å². The van der Waals surface area contributed by atoms with Crippen LogP contribution in [-0.4, -0.2) is 41.9 Å². The van der Waals surface area contributed by atoms with Gasteiger partial charge in [-0.2, -0.15) is 10.1 Å². The zero-order valence-electron chi connectivity index (χ0n) is 11.0. The van der Waals surface area contributed by atoms with Crippen LogP contribution in [0.25, 0.3) is 0 Å². The van der Waals surface area contributed by atoms with Crippen molar-refractivity contribution in [3.8, 4) is 0 Å². The van der Waals surface area contributed by atoms with Crippen molar-refractivity contribution in [2.45, 2.75) is 24.4 Å². The van der Waals surface area contributed by atoms with Gasteiger partial charge < -0.3 is 9.84 Å². The van der Waals surface area contributed by atoms with E-state index < -0.39 is 10.0 Å². The molecule has 0 aliphatic rings. The smallest absolute Gasteiger partial charge is 0.244 e. The molecule has 0 aliphatic carbocycles. The lowest BCUT2D eigenvalue weighted by molar-refractivity contribution is 0.409. The van der Waals surface area contributed by atoms with Gasteiger partial charge in [-0.05, 0) is 20.0 Å². The fraction of sp³-hybridized carbons (Fsp3) is 0.500. The van der Waals surface area contributed by atoms with Gasteiger partial charge in [-0.1, -0.05) is 5.16 Å². The van der Waals surface area contributed by atoms with Crippen molar-refractivity contribution in [3.05, 3.63) is 24.6 Å². The maximum atomic E-state index is 12.0. The molecule has 0 unspecified atom stereocenters. The number of nitrogens with zero attached hydrogens (tertiary/aromatic N) is 4. The summed E-state index contributed by atoms with van der Waals surface area (Å²) in [4.78, 5) is 3.85. The van der Waals surface area contributed by atoms with Gasteiger partial charge in [-0.3, -0.25) is 4.68 Å². The Morgan fingerprint density at radius 3 is 3.00 bits per heavy atom. The Kier molecular flexibility index (Phi) is 4.82. The first-order valence-corrected chi connectivity index (χ1v) is 7.52. The van der Waals surface area contributed by atoms with Gasteiger partial charge in [0.05, 0.1) is 12.7 Å². The lowest BCUT2D eigenvalue weighted by Gasteiger charge is -2.02. The molecule has 0 aromatic carbocycles. The summed E-state index contributed by atoms with van der Waals surface area (Å²) in [7, 11) is -1.75. The van der Waals surface area contributed by atoms with Crippen molar-refractivity contribution in [2.24, 2.45) is 0 Å². The molecule has 0 amide bonds.